The molecule has 4 heteroatoms. The van der Waals surface area contributed by atoms with E-state index in [9.17, 15) is 0 Å². The van der Waals surface area contributed by atoms with Gasteiger partial charge in [0.1, 0.15) is 5.82 Å². The lowest BCUT2D eigenvalue weighted by Gasteiger charge is -2.12. The Kier molecular flexibility index (Phi) is 3.41. The van der Waals surface area contributed by atoms with Gasteiger partial charge in [0.05, 0.1) is 0 Å². The van der Waals surface area contributed by atoms with Crippen LogP contribution in [0.3, 0.4) is 0 Å². The molecule has 0 saturated heterocycles. The molecule has 1 heterocycles. The Hall–Kier alpha value is -0.900. The summed E-state index contributed by atoms with van der Waals surface area (Å²) in [7, 11) is 0. The summed E-state index contributed by atoms with van der Waals surface area (Å²) < 4.78 is 4.40. The smallest absolute Gasteiger partial charge is 0.202 e. The topological polar surface area (TPSA) is 37.8 Å². The third kappa shape index (κ3) is 3.06. The van der Waals surface area contributed by atoms with Gasteiger partial charge in [-0.15, -0.1) is 0 Å². The molecular weight excluding hydrogens is 230 g/mol. The fourth-order valence-corrected chi connectivity index (χ4v) is 2.95. The van der Waals surface area contributed by atoms with Crippen LogP contribution in [-0.2, 0) is 0 Å². The number of allylic oxidation sites excluding steroid dienone is 1. The molecule has 3 rings (SSSR count). The molecule has 0 atom stereocenters. The number of aromatic nitrogens is 2. The summed E-state index contributed by atoms with van der Waals surface area (Å²) in [5, 5.41) is 4.40. The zero-order chi connectivity index (χ0) is 11.5. The minimum absolute atomic E-state index is 0.669. The summed E-state index contributed by atoms with van der Waals surface area (Å²) in [4.78, 5) is 4.53. The number of rotatable bonds is 5. The predicted molar refractivity (Wildman–Crippen MR) is 71.5 cm³/mol. The summed E-state index contributed by atoms with van der Waals surface area (Å²) in [5.74, 6) is 1.73. The first-order valence-corrected chi connectivity index (χ1v) is 7.44. The zero-order valence-corrected chi connectivity index (χ0v) is 10.9. The molecule has 0 bridgehead atoms. The van der Waals surface area contributed by atoms with Gasteiger partial charge in [0.15, 0.2) is 0 Å². The van der Waals surface area contributed by atoms with Crippen molar-refractivity contribution in [3.8, 4) is 0 Å². The number of nitrogens with zero attached hydrogens (tertiary/aromatic N) is 2. The second-order valence-electron chi connectivity index (χ2n) is 5.02. The molecule has 92 valence electrons. The van der Waals surface area contributed by atoms with E-state index in [2.05, 4.69) is 20.8 Å². The number of anilines is 1. The van der Waals surface area contributed by atoms with Crippen molar-refractivity contribution in [1.82, 2.24) is 9.36 Å². The first-order chi connectivity index (χ1) is 8.42. The molecule has 1 aromatic heterocycles. The Morgan fingerprint density at radius 1 is 1.35 bits per heavy atom. The van der Waals surface area contributed by atoms with Crippen LogP contribution >= 0.6 is 11.5 Å². The van der Waals surface area contributed by atoms with Gasteiger partial charge in [-0.25, -0.2) is 4.98 Å². The second-order valence-corrected chi connectivity index (χ2v) is 5.77. The summed E-state index contributed by atoms with van der Waals surface area (Å²) in [5.41, 5.74) is 1.62. The average Bonchev–Trinajstić information content (AvgIpc) is 3.11. The van der Waals surface area contributed by atoms with E-state index >= 15 is 0 Å². The number of hydrogen-bond acceptors (Lipinski definition) is 4. The molecule has 0 radical (unpaired) electrons. The fraction of sp³-hybridized carbons (Fsp3) is 0.692. The minimum Gasteiger partial charge on any atom is -0.360 e. The highest BCUT2D eigenvalue weighted by atomic mass is 32.1. The van der Waals surface area contributed by atoms with Crippen LogP contribution in [0.4, 0.5) is 5.13 Å². The van der Waals surface area contributed by atoms with Crippen LogP contribution in [0, 0.1) is 0 Å². The van der Waals surface area contributed by atoms with Gasteiger partial charge >= 0.3 is 0 Å². The molecule has 0 unspecified atom stereocenters. The van der Waals surface area contributed by atoms with Gasteiger partial charge in [-0.05, 0) is 44.9 Å². The van der Waals surface area contributed by atoms with Crippen molar-refractivity contribution < 1.29 is 0 Å². The molecule has 0 spiro atoms. The van der Waals surface area contributed by atoms with E-state index in [-0.39, 0.29) is 0 Å². The van der Waals surface area contributed by atoms with E-state index in [1.54, 1.807) is 5.57 Å². The summed E-state index contributed by atoms with van der Waals surface area (Å²) >= 11 is 1.51. The molecule has 0 amide bonds. The molecule has 2 aliphatic rings. The van der Waals surface area contributed by atoms with Crippen LogP contribution < -0.4 is 5.32 Å². The van der Waals surface area contributed by atoms with Gasteiger partial charge in [0.2, 0.25) is 5.13 Å². The van der Waals surface area contributed by atoms with Crippen molar-refractivity contribution in [3.63, 3.8) is 0 Å². The van der Waals surface area contributed by atoms with Crippen LogP contribution in [0.5, 0.6) is 0 Å². The fourth-order valence-electron chi connectivity index (χ4n) is 2.28. The van der Waals surface area contributed by atoms with Crippen LogP contribution in [-0.4, -0.2) is 15.9 Å². The lowest BCUT2D eigenvalue weighted by molar-refractivity contribution is 0.679. The van der Waals surface area contributed by atoms with Crippen molar-refractivity contribution in [2.45, 2.75) is 50.9 Å². The van der Waals surface area contributed by atoms with Crippen molar-refractivity contribution in [2.24, 2.45) is 0 Å². The monoisotopic (exact) mass is 249 g/mol. The van der Waals surface area contributed by atoms with Crippen LogP contribution in [0.25, 0.3) is 0 Å². The third-order valence-corrected chi connectivity index (χ3v) is 4.18. The average molecular weight is 249 g/mol. The summed E-state index contributed by atoms with van der Waals surface area (Å²) in [6.45, 7) is 1.01. The lowest BCUT2D eigenvalue weighted by Crippen LogP contribution is -2.04. The Morgan fingerprint density at radius 3 is 3.06 bits per heavy atom. The third-order valence-electron chi connectivity index (χ3n) is 3.49. The second kappa shape index (κ2) is 5.17. The normalized spacial score (nSPS) is 20.1. The van der Waals surface area contributed by atoms with Crippen molar-refractivity contribution in [2.75, 3.05) is 11.9 Å². The minimum atomic E-state index is 0.669. The Bertz CT molecular complexity index is 407. The highest BCUT2D eigenvalue weighted by Crippen LogP contribution is 2.39. The first kappa shape index (κ1) is 11.2. The summed E-state index contributed by atoms with van der Waals surface area (Å²) in [6.07, 6.45) is 11.5. The SMILES string of the molecule is C1=C(CCNc2nc(C3CC3)ns2)CCCC1. The molecule has 0 aliphatic heterocycles. The Balaban J connectivity index is 1.45. The highest BCUT2D eigenvalue weighted by molar-refractivity contribution is 7.09. The van der Waals surface area contributed by atoms with Crippen molar-refractivity contribution >= 4 is 16.7 Å². The summed E-state index contributed by atoms with van der Waals surface area (Å²) in [6, 6.07) is 0. The maximum Gasteiger partial charge on any atom is 0.202 e. The van der Waals surface area contributed by atoms with Gasteiger partial charge in [0.25, 0.3) is 0 Å². The Morgan fingerprint density at radius 2 is 2.29 bits per heavy atom. The quantitative estimate of drug-likeness (QED) is 0.808. The largest absolute Gasteiger partial charge is 0.360 e. The molecule has 2 aliphatic carbocycles. The zero-order valence-electron chi connectivity index (χ0n) is 10.1. The molecular formula is C13H19N3S. The van der Waals surface area contributed by atoms with Crippen LogP contribution in [0.1, 0.15) is 56.7 Å². The highest BCUT2D eigenvalue weighted by Gasteiger charge is 2.27. The van der Waals surface area contributed by atoms with E-state index < -0.39 is 0 Å². The lowest BCUT2D eigenvalue weighted by atomic mass is 9.97. The Labute approximate surface area is 107 Å². The van der Waals surface area contributed by atoms with Gasteiger partial charge in [-0.2, -0.15) is 4.37 Å². The molecule has 1 N–H and O–H groups in total. The first-order valence-electron chi connectivity index (χ1n) is 6.67. The van der Waals surface area contributed by atoms with Crippen LogP contribution in [0.15, 0.2) is 11.6 Å². The van der Waals surface area contributed by atoms with Gasteiger partial charge in [0, 0.05) is 24.0 Å². The van der Waals surface area contributed by atoms with E-state index in [0.717, 1.165) is 17.5 Å². The molecule has 3 nitrogen and oxygen atoms in total. The van der Waals surface area contributed by atoms with Gasteiger partial charge in [-0.1, -0.05) is 11.6 Å². The molecule has 1 fully saturated rings. The van der Waals surface area contributed by atoms with E-state index in [1.807, 2.05) is 0 Å². The van der Waals surface area contributed by atoms with Crippen LogP contribution in [0.2, 0.25) is 0 Å². The molecule has 17 heavy (non-hydrogen) atoms. The molecule has 1 aromatic rings. The van der Waals surface area contributed by atoms with E-state index in [0.29, 0.717) is 5.92 Å². The van der Waals surface area contributed by atoms with E-state index in [1.165, 1.54) is 56.5 Å². The maximum atomic E-state index is 4.53. The number of nitrogens with one attached hydrogen (secondary N) is 1. The van der Waals surface area contributed by atoms with Crippen molar-refractivity contribution in [1.29, 1.82) is 0 Å². The molecule has 1 saturated carbocycles. The van der Waals surface area contributed by atoms with Gasteiger partial charge < -0.3 is 5.32 Å². The van der Waals surface area contributed by atoms with Crippen molar-refractivity contribution in [3.05, 3.63) is 17.5 Å². The maximum absolute atomic E-state index is 4.53. The molecule has 0 aromatic carbocycles. The number of hydrogen-bond donors (Lipinski definition) is 1. The standard InChI is InChI=1S/C13H19N3S/c1-2-4-10(5-3-1)8-9-14-13-15-12(16-17-13)11-6-7-11/h4,11H,1-3,5-9H2,(H,14,15,16). The van der Waals surface area contributed by atoms with Gasteiger partial charge in [-0.3, -0.25) is 0 Å². The predicted octanol–water partition coefficient (Wildman–Crippen LogP) is 3.72. The van der Waals surface area contributed by atoms with E-state index in [4.69, 9.17) is 0 Å².